The fourth-order valence-electron chi connectivity index (χ4n) is 1.50. The second-order valence-corrected chi connectivity index (χ2v) is 4.00. The van der Waals surface area contributed by atoms with Crippen molar-refractivity contribution >= 4 is 11.9 Å². The monoisotopic (exact) mass is 267 g/mol. The van der Waals surface area contributed by atoms with Crippen molar-refractivity contribution in [3.63, 3.8) is 0 Å². The zero-order valence-electron chi connectivity index (χ0n) is 10.6. The number of carbonyl (C=O) groups is 2. The molecule has 0 fully saturated rings. The lowest BCUT2D eigenvalue weighted by Crippen LogP contribution is -2.42. The molecule has 1 atom stereocenters. The van der Waals surface area contributed by atoms with Gasteiger partial charge in [0.2, 0.25) is 0 Å². The van der Waals surface area contributed by atoms with Crippen LogP contribution in [0.4, 0.5) is 0 Å². The molecule has 0 unspecified atom stereocenters. The molecule has 0 heterocycles. The molecule has 1 rings (SSSR count). The molecule has 0 spiro atoms. The van der Waals surface area contributed by atoms with Gasteiger partial charge < -0.3 is 20.3 Å². The van der Waals surface area contributed by atoms with Crippen molar-refractivity contribution in [3.8, 4) is 11.5 Å². The van der Waals surface area contributed by atoms with E-state index >= 15 is 0 Å². The molecule has 1 amide bonds. The molecular formula is C13H17NO5. The van der Waals surface area contributed by atoms with E-state index in [1.165, 1.54) is 12.1 Å². The van der Waals surface area contributed by atoms with Gasteiger partial charge in [0.15, 0.2) is 18.1 Å². The Labute approximate surface area is 111 Å². The molecule has 0 aliphatic rings. The van der Waals surface area contributed by atoms with Gasteiger partial charge in [-0.3, -0.25) is 4.79 Å². The SMILES string of the molecule is CCC[C@H](NC(=O)COc1ccccc1O)C(=O)O. The van der Waals surface area contributed by atoms with E-state index < -0.39 is 17.9 Å². The van der Waals surface area contributed by atoms with Crippen LogP contribution in [0, 0.1) is 0 Å². The standard InChI is InChI=1S/C13H17NO5/c1-2-5-9(13(17)18)14-12(16)8-19-11-7-4-3-6-10(11)15/h3-4,6-7,9,15H,2,5,8H2,1H3,(H,14,16)(H,17,18)/t9-/m0/s1. The predicted molar refractivity (Wildman–Crippen MR) is 68.1 cm³/mol. The second-order valence-electron chi connectivity index (χ2n) is 4.00. The number of ether oxygens (including phenoxy) is 1. The minimum Gasteiger partial charge on any atom is -0.504 e. The normalized spacial score (nSPS) is 11.6. The third kappa shape index (κ3) is 4.87. The lowest BCUT2D eigenvalue weighted by molar-refractivity contribution is -0.142. The summed E-state index contributed by atoms with van der Waals surface area (Å²) in [6.07, 6.45) is 1.01. The molecule has 0 radical (unpaired) electrons. The summed E-state index contributed by atoms with van der Waals surface area (Å²) >= 11 is 0. The Kier molecular flexibility index (Phi) is 5.66. The van der Waals surface area contributed by atoms with Crippen molar-refractivity contribution in [2.24, 2.45) is 0 Å². The number of amides is 1. The van der Waals surface area contributed by atoms with Gasteiger partial charge in [0.1, 0.15) is 6.04 Å². The molecule has 1 aromatic rings. The fraction of sp³-hybridized carbons (Fsp3) is 0.385. The highest BCUT2D eigenvalue weighted by atomic mass is 16.5. The minimum atomic E-state index is -1.07. The smallest absolute Gasteiger partial charge is 0.326 e. The summed E-state index contributed by atoms with van der Waals surface area (Å²) in [4.78, 5) is 22.4. The Hall–Kier alpha value is -2.24. The van der Waals surface area contributed by atoms with Crippen molar-refractivity contribution in [3.05, 3.63) is 24.3 Å². The first-order chi connectivity index (χ1) is 9.04. The first kappa shape index (κ1) is 14.8. The summed E-state index contributed by atoms with van der Waals surface area (Å²) in [5, 5.41) is 20.7. The Bertz CT molecular complexity index is 446. The van der Waals surface area contributed by atoms with Crippen molar-refractivity contribution in [1.29, 1.82) is 0 Å². The summed E-state index contributed by atoms with van der Waals surface area (Å²) in [6, 6.07) is 5.33. The van der Waals surface area contributed by atoms with E-state index in [2.05, 4.69) is 5.32 Å². The van der Waals surface area contributed by atoms with Gasteiger partial charge in [-0.15, -0.1) is 0 Å². The predicted octanol–water partition coefficient (Wildman–Crippen LogP) is 1.14. The number of carbonyl (C=O) groups excluding carboxylic acids is 1. The topological polar surface area (TPSA) is 95.9 Å². The number of aromatic hydroxyl groups is 1. The zero-order chi connectivity index (χ0) is 14.3. The Morgan fingerprint density at radius 3 is 2.63 bits per heavy atom. The first-order valence-electron chi connectivity index (χ1n) is 5.97. The van der Waals surface area contributed by atoms with Crippen molar-refractivity contribution < 1.29 is 24.5 Å². The third-order valence-electron chi connectivity index (χ3n) is 2.43. The van der Waals surface area contributed by atoms with Gasteiger partial charge in [-0.25, -0.2) is 4.79 Å². The molecule has 0 saturated heterocycles. The van der Waals surface area contributed by atoms with E-state index in [1.54, 1.807) is 12.1 Å². The van der Waals surface area contributed by atoms with Crippen LogP contribution in [0.3, 0.4) is 0 Å². The zero-order valence-corrected chi connectivity index (χ0v) is 10.6. The third-order valence-corrected chi connectivity index (χ3v) is 2.43. The van der Waals surface area contributed by atoms with E-state index in [0.29, 0.717) is 12.8 Å². The summed E-state index contributed by atoms with van der Waals surface area (Å²) in [5.41, 5.74) is 0. The average molecular weight is 267 g/mol. The molecule has 1 aromatic carbocycles. The van der Waals surface area contributed by atoms with Crippen LogP contribution in [0.2, 0.25) is 0 Å². The number of benzene rings is 1. The van der Waals surface area contributed by atoms with Crippen molar-refractivity contribution in [1.82, 2.24) is 5.32 Å². The maximum absolute atomic E-state index is 11.5. The Morgan fingerprint density at radius 1 is 1.37 bits per heavy atom. The molecule has 6 nitrogen and oxygen atoms in total. The summed E-state index contributed by atoms with van der Waals surface area (Å²) < 4.78 is 5.10. The highest BCUT2D eigenvalue weighted by molar-refractivity contribution is 5.84. The van der Waals surface area contributed by atoms with E-state index in [1.807, 2.05) is 6.92 Å². The number of hydrogen-bond donors (Lipinski definition) is 3. The van der Waals surface area contributed by atoms with Crippen LogP contribution < -0.4 is 10.1 Å². The van der Waals surface area contributed by atoms with E-state index in [9.17, 15) is 14.7 Å². The summed E-state index contributed by atoms with van der Waals surface area (Å²) in [5.74, 6) is -1.50. The number of nitrogens with one attached hydrogen (secondary N) is 1. The highest BCUT2D eigenvalue weighted by Crippen LogP contribution is 2.23. The Balaban J connectivity index is 2.47. The molecule has 19 heavy (non-hydrogen) atoms. The number of phenols is 1. The van der Waals surface area contributed by atoms with Crippen LogP contribution in [-0.4, -0.2) is 34.7 Å². The van der Waals surface area contributed by atoms with Crippen molar-refractivity contribution in [2.45, 2.75) is 25.8 Å². The molecule has 0 aromatic heterocycles. The Morgan fingerprint density at radius 2 is 2.05 bits per heavy atom. The summed E-state index contributed by atoms with van der Waals surface area (Å²) in [6.45, 7) is 1.49. The quantitative estimate of drug-likeness (QED) is 0.688. The van der Waals surface area contributed by atoms with Crippen LogP contribution in [0.1, 0.15) is 19.8 Å². The van der Waals surface area contributed by atoms with Gasteiger partial charge in [-0.05, 0) is 18.6 Å². The van der Waals surface area contributed by atoms with Crippen LogP contribution in [-0.2, 0) is 9.59 Å². The lowest BCUT2D eigenvalue weighted by Gasteiger charge is -2.14. The molecule has 3 N–H and O–H groups in total. The molecular weight excluding hydrogens is 250 g/mol. The fourth-order valence-corrected chi connectivity index (χ4v) is 1.50. The van der Waals surface area contributed by atoms with Crippen LogP contribution >= 0.6 is 0 Å². The number of aliphatic carboxylic acids is 1. The number of carboxylic acid groups (broad SMARTS) is 1. The number of phenolic OH excluding ortho intramolecular Hbond substituents is 1. The molecule has 0 aliphatic carbocycles. The molecule has 0 aliphatic heterocycles. The highest BCUT2D eigenvalue weighted by Gasteiger charge is 2.19. The minimum absolute atomic E-state index is 0.0707. The van der Waals surface area contributed by atoms with Gasteiger partial charge in [0.25, 0.3) is 5.91 Å². The second kappa shape index (κ2) is 7.25. The van der Waals surface area contributed by atoms with Gasteiger partial charge in [-0.1, -0.05) is 25.5 Å². The first-order valence-corrected chi connectivity index (χ1v) is 5.97. The van der Waals surface area contributed by atoms with Crippen LogP contribution in [0.25, 0.3) is 0 Å². The molecule has 104 valence electrons. The maximum Gasteiger partial charge on any atom is 0.326 e. The van der Waals surface area contributed by atoms with E-state index in [4.69, 9.17) is 9.84 Å². The summed E-state index contributed by atoms with van der Waals surface area (Å²) in [7, 11) is 0. The van der Waals surface area contributed by atoms with Gasteiger partial charge in [0, 0.05) is 0 Å². The maximum atomic E-state index is 11.5. The van der Waals surface area contributed by atoms with Crippen molar-refractivity contribution in [2.75, 3.05) is 6.61 Å². The van der Waals surface area contributed by atoms with E-state index in [-0.39, 0.29) is 18.1 Å². The molecule has 6 heteroatoms. The van der Waals surface area contributed by atoms with Crippen LogP contribution in [0.15, 0.2) is 24.3 Å². The lowest BCUT2D eigenvalue weighted by atomic mass is 10.2. The van der Waals surface area contributed by atoms with E-state index in [0.717, 1.165) is 0 Å². The number of hydrogen-bond acceptors (Lipinski definition) is 4. The number of para-hydroxylation sites is 2. The van der Waals surface area contributed by atoms with Gasteiger partial charge in [-0.2, -0.15) is 0 Å². The average Bonchev–Trinajstić information content (AvgIpc) is 2.37. The molecule has 0 bridgehead atoms. The number of rotatable bonds is 7. The molecule has 0 saturated carbocycles. The number of carboxylic acids is 1. The van der Waals surface area contributed by atoms with Gasteiger partial charge in [0.05, 0.1) is 0 Å². The largest absolute Gasteiger partial charge is 0.504 e. The van der Waals surface area contributed by atoms with Gasteiger partial charge >= 0.3 is 5.97 Å². The van der Waals surface area contributed by atoms with Crippen LogP contribution in [0.5, 0.6) is 11.5 Å².